The van der Waals surface area contributed by atoms with Crippen molar-refractivity contribution in [3.63, 3.8) is 0 Å². The van der Waals surface area contributed by atoms with Crippen molar-refractivity contribution < 1.29 is 62.9 Å². The van der Waals surface area contributed by atoms with Crippen LogP contribution in [0.15, 0.2) is 23.3 Å². The summed E-state index contributed by atoms with van der Waals surface area (Å²) in [4.78, 5) is 50.3. The molecule has 0 amide bonds. The van der Waals surface area contributed by atoms with Crippen molar-refractivity contribution >= 4 is 23.9 Å². The van der Waals surface area contributed by atoms with Crippen LogP contribution >= 0.6 is 0 Å². The van der Waals surface area contributed by atoms with Gasteiger partial charge in [0, 0.05) is 43.6 Å². The summed E-state index contributed by atoms with van der Waals surface area (Å²) in [6.45, 7) is 20.9. The Morgan fingerprint density at radius 2 is 1.30 bits per heavy atom. The Bertz CT molecular complexity index is 1420. The third-order valence-electron chi connectivity index (χ3n) is 11.9. The Hall–Kier alpha value is -2.84. The van der Waals surface area contributed by atoms with Gasteiger partial charge >= 0.3 is 23.9 Å². The first-order valence-corrected chi connectivity index (χ1v) is 22.3. The number of aliphatic hydroxyl groups is 3. The molecule has 346 valence electrons. The van der Waals surface area contributed by atoms with E-state index in [2.05, 4.69) is 13.8 Å². The average Bonchev–Trinajstić information content (AvgIpc) is 3.15. The summed E-state index contributed by atoms with van der Waals surface area (Å²) in [7, 11) is 2.66. The molecule has 13 heteroatoms. The van der Waals surface area contributed by atoms with Crippen LogP contribution in [0.1, 0.15) is 147 Å². The van der Waals surface area contributed by atoms with Crippen LogP contribution in [0.4, 0.5) is 0 Å². The molecule has 2 aliphatic heterocycles. The molecule has 13 nitrogen and oxygen atoms in total. The number of carbonyl (C=O) groups is 4. The zero-order valence-electron chi connectivity index (χ0n) is 38.9. The fourth-order valence-corrected chi connectivity index (χ4v) is 8.57. The summed E-state index contributed by atoms with van der Waals surface area (Å²) in [5.74, 6) is -3.54. The first-order valence-electron chi connectivity index (χ1n) is 22.3. The van der Waals surface area contributed by atoms with E-state index in [0.717, 1.165) is 12.0 Å². The Balaban J connectivity index is 2.42. The number of ether oxygens (including phenoxy) is 6. The third-order valence-corrected chi connectivity index (χ3v) is 11.9. The molecule has 1 spiro atoms. The SMILES string of the molecule is COC(=O)C[C@@H](C)CC/C=C(\C)[C@H](O)[C@@H]1C[C@@H](C)C[C@]2(C[C@@H](C)C[C@@H]([C@@H](OC(=O)CC(C)C)[C@@H](C)C[C@@H](OC(=O)CC(C)C)[C@H](O)[C@@H](C)[C@@H](O)C/C=C(\C)C(=O)OC)O2)O1. The maximum Gasteiger partial charge on any atom is 0.333 e. The minimum Gasteiger partial charge on any atom is -0.469 e. The van der Waals surface area contributed by atoms with Gasteiger partial charge in [0.2, 0.25) is 0 Å². The lowest BCUT2D eigenvalue weighted by Crippen LogP contribution is -2.57. The average molecular weight is 853 g/mol. The zero-order chi connectivity index (χ0) is 45.5. The van der Waals surface area contributed by atoms with Crippen LogP contribution in [0, 0.1) is 41.4 Å². The molecule has 3 N–H and O–H groups in total. The highest BCUT2D eigenvalue weighted by Gasteiger charge is 2.51. The third kappa shape index (κ3) is 17.5. The van der Waals surface area contributed by atoms with Gasteiger partial charge in [-0.1, -0.05) is 74.5 Å². The standard InChI is InChI=1S/C47H80O13/c1-27(2)19-41(50)57-37(44(53)35(11)36(48)18-17-33(9)46(54)56-13)24-34(10)45(58-42(51)20-28(3)4)39-22-31(7)26-47(60-39)25-30(6)21-38(59-47)43(52)32(8)16-14-15-29(5)23-40(49)55-12/h16-17,27-31,34-39,43-45,48,52-53H,14-15,18-26H2,1-13H3/b32-16+,33-17+/t29-,30+,31-,34-,35-,36-,37+,38-,39-,43-,44+,45-,47-/m0/s1. The summed E-state index contributed by atoms with van der Waals surface area (Å²) in [6, 6.07) is 0. The lowest BCUT2D eigenvalue weighted by atomic mass is 9.79. The van der Waals surface area contributed by atoms with E-state index >= 15 is 0 Å². The lowest BCUT2D eigenvalue weighted by molar-refractivity contribution is -0.347. The molecule has 0 saturated carbocycles. The smallest absolute Gasteiger partial charge is 0.333 e. The fraction of sp³-hybridized carbons (Fsp3) is 0.830. The predicted molar refractivity (Wildman–Crippen MR) is 228 cm³/mol. The van der Waals surface area contributed by atoms with Gasteiger partial charge in [-0.2, -0.15) is 0 Å². The largest absolute Gasteiger partial charge is 0.469 e. The lowest BCUT2D eigenvalue weighted by Gasteiger charge is -2.51. The number of rotatable bonds is 23. The van der Waals surface area contributed by atoms with Crippen molar-refractivity contribution in [3.8, 4) is 0 Å². The maximum absolute atomic E-state index is 13.5. The van der Waals surface area contributed by atoms with Crippen molar-refractivity contribution in [1.82, 2.24) is 0 Å². The normalized spacial score (nSPS) is 26.7. The van der Waals surface area contributed by atoms with Crippen LogP contribution in [0.25, 0.3) is 0 Å². The number of hydrogen-bond acceptors (Lipinski definition) is 13. The number of aliphatic hydroxyl groups excluding tert-OH is 3. The molecule has 0 bridgehead atoms. The first kappa shape index (κ1) is 53.3. The number of methoxy groups -OCH3 is 2. The van der Waals surface area contributed by atoms with E-state index < -0.39 is 78.3 Å². The van der Waals surface area contributed by atoms with E-state index in [-0.39, 0.29) is 61.2 Å². The van der Waals surface area contributed by atoms with E-state index in [0.29, 0.717) is 44.1 Å². The minimum absolute atomic E-state index is 0.00135. The Labute approximate surface area is 360 Å². The molecule has 60 heavy (non-hydrogen) atoms. The molecular formula is C47H80O13. The molecule has 2 saturated heterocycles. The molecule has 2 heterocycles. The van der Waals surface area contributed by atoms with Crippen LogP contribution in [0.5, 0.6) is 0 Å². The van der Waals surface area contributed by atoms with E-state index in [4.69, 9.17) is 28.4 Å². The highest BCUT2D eigenvalue weighted by Crippen LogP contribution is 2.46. The second kappa shape index (κ2) is 25.3. The Morgan fingerprint density at radius 3 is 1.85 bits per heavy atom. The van der Waals surface area contributed by atoms with Gasteiger partial charge in [-0.05, 0) is 93.5 Å². The Morgan fingerprint density at radius 1 is 0.750 bits per heavy atom. The van der Waals surface area contributed by atoms with Crippen LogP contribution < -0.4 is 0 Å². The van der Waals surface area contributed by atoms with Gasteiger partial charge in [0.1, 0.15) is 18.3 Å². The zero-order valence-corrected chi connectivity index (χ0v) is 38.9. The molecular weight excluding hydrogens is 773 g/mol. The summed E-state index contributed by atoms with van der Waals surface area (Å²) < 4.78 is 35.6. The van der Waals surface area contributed by atoms with E-state index in [1.54, 1.807) is 19.9 Å². The highest BCUT2D eigenvalue weighted by molar-refractivity contribution is 5.87. The van der Waals surface area contributed by atoms with Crippen molar-refractivity contribution in [1.29, 1.82) is 0 Å². The molecule has 0 aliphatic carbocycles. The maximum atomic E-state index is 13.5. The quantitative estimate of drug-likeness (QED) is 0.0400. The van der Waals surface area contributed by atoms with Gasteiger partial charge in [0.25, 0.3) is 0 Å². The van der Waals surface area contributed by atoms with Crippen molar-refractivity contribution in [3.05, 3.63) is 23.3 Å². The number of allylic oxidation sites excluding steroid dienone is 1. The van der Waals surface area contributed by atoms with E-state index in [9.17, 15) is 34.5 Å². The van der Waals surface area contributed by atoms with Crippen LogP contribution in [-0.4, -0.2) is 102 Å². The summed E-state index contributed by atoms with van der Waals surface area (Å²) >= 11 is 0. The summed E-state index contributed by atoms with van der Waals surface area (Å²) in [5.41, 5.74) is 1.11. The van der Waals surface area contributed by atoms with Gasteiger partial charge in [0.05, 0.1) is 38.6 Å². The fourth-order valence-electron chi connectivity index (χ4n) is 8.57. The number of hydrogen-bond donors (Lipinski definition) is 3. The Kier molecular flexibility index (Phi) is 22.5. The number of carbonyl (C=O) groups excluding carboxylic acids is 4. The van der Waals surface area contributed by atoms with Crippen molar-refractivity contribution in [2.24, 2.45) is 41.4 Å². The van der Waals surface area contributed by atoms with Crippen LogP contribution in [-0.2, 0) is 47.6 Å². The highest BCUT2D eigenvalue weighted by atomic mass is 16.7. The topological polar surface area (TPSA) is 184 Å². The molecule has 0 aromatic heterocycles. The van der Waals surface area contributed by atoms with Gasteiger partial charge in [0.15, 0.2) is 5.79 Å². The van der Waals surface area contributed by atoms with Crippen LogP contribution in [0.3, 0.4) is 0 Å². The monoisotopic (exact) mass is 853 g/mol. The summed E-state index contributed by atoms with van der Waals surface area (Å²) in [5, 5.41) is 34.5. The second-order valence-corrected chi connectivity index (χ2v) is 19.1. The molecule has 2 fully saturated rings. The van der Waals surface area contributed by atoms with Gasteiger partial charge in [-0.3, -0.25) is 14.4 Å². The van der Waals surface area contributed by atoms with E-state index in [1.165, 1.54) is 14.2 Å². The molecule has 13 atom stereocenters. The van der Waals surface area contributed by atoms with E-state index in [1.807, 2.05) is 54.5 Å². The minimum atomic E-state index is -1.30. The predicted octanol–water partition coefficient (Wildman–Crippen LogP) is 7.41. The van der Waals surface area contributed by atoms with Gasteiger partial charge in [-0.15, -0.1) is 0 Å². The molecule has 0 radical (unpaired) electrons. The second-order valence-electron chi connectivity index (χ2n) is 19.1. The number of esters is 4. The van der Waals surface area contributed by atoms with Gasteiger partial charge < -0.3 is 43.7 Å². The summed E-state index contributed by atoms with van der Waals surface area (Å²) in [6.07, 6.45) is 1.89. The first-order chi connectivity index (χ1) is 28.0. The molecule has 0 aromatic rings. The van der Waals surface area contributed by atoms with Crippen molar-refractivity contribution in [2.75, 3.05) is 14.2 Å². The molecule has 2 aliphatic rings. The molecule has 2 rings (SSSR count). The van der Waals surface area contributed by atoms with Crippen molar-refractivity contribution in [2.45, 2.75) is 195 Å². The molecule has 0 unspecified atom stereocenters. The molecule has 0 aromatic carbocycles. The van der Waals surface area contributed by atoms with Crippen LogP contribution in [0.2, 0.25) is 0 Å². The van der Waals surface area contributed by atoms with Gasteiger partial charge in [-0.25, -0.2) is 4.79 Å².